The van der Waals surface area contributed by atoms with E-state index in [4.69, 9.17) is 4.74 Å². The van der Waals surface area contributed by atoms with E-state index < -0.39 is 17.8 Å². The van der Waals surface area contributed by atoms with Crippen LogP contribution in [0.1, 0.15) is 28.9 Å². The van der Waals surface area contributed by atoms with E-state index in [9.17, 15) is 18.0 Å². The third-order valence-electron chi connectivity index (χ3n) is 2.81. The highest BCUT2D eigenvalue weighted by atomic mass is 19.4. The lowest BCUT2D eigenvalue weighted by Crippen LogP contribution is -2.40. The highest BCUT2D eigenvalue weighted by Crippen LogP contribution is 2.27. The molecule has 0 radical (unpaired) electrons. The van der Waals surface area contributed by atoms with Crippen LogP contribution < -0.4 is 5.32 Å². The van der Waals surface area contributed by atoms with Crippen LogP contribution in [0.15, 0.2) is 18.3 Å². The first-order chi connectivity index (χ1) is 8.97. The number of alkyl halides is 3. The van der Waals surface area contributed by atoms with Gasteiger partial charge in [0.1, 0.15) is 5.69 Å². The summed E-state index contributed by atoms with van der Waals surface area (Å²) in [5.74, 6) is -0.434. The standard InChI is InChI=1S/C12H13F3N2O2/c13-12(14,15)10-4-3-8(6-16-10)11(18)17-9-2-1-5-19-7-9/h3-4,6,9H,1-2,5,7H2,(H,17,18). The van der Waals surface area contributed by atoms with Crippen molar-refractivity contribution in [1.29, 1.82) is 0 Å². The second-order valence-electron chi connectivity index (χ2n) is 4.32. The molecule has 1 aliphatic rings. The van der Waals surface area contributed by atoms with Crippen molar-refractivity contribution in [3.05, 3.63) is 29.6 Å². The average molecular weight is 274 g/mol. The molecule has 1 unspecified atom stereocenters. The van der Waals surface area contributed by atoms with E-state index in [1.807, 2.05) is 0 Å². The molecule has 0 saturated carbocycles. The number of hydrogen-bond donors (Lipinski definition) is 1. The summed E-state index contributed by atoms with van der Waals surface area (Å²) in [6, 6.07) is 1.82. The van der Waals surface area contributed by atoms with Gasteiger partial charge >= 0.3 is 6.18 Å². The number of hydrogen-bond acceptors (Lipinski definition) is 3. The minimum atomic E-state index is -4.49. The summed E-state index contributed by atoms with van der Waals surface area (Å²) in [5, 5.41) is 2.71. The lowest BCUT2D eigenvalue weighted by atomic mass is 10.1. The monoisotopic (exact) mass is 274 g/mol. The Morgan fingerprint density at radius 1 is 1.42 bits per heavy atom. The van der Waals surface area contributed by atoms with Gasteiger partial charge in [-0.3, -0.25) is 9.78 Å². The number of pyridine rings is 1. The van der Waals surface area contributed by atoms with Crippen molar-refractivity contribution in [2.45, 2.75) is 25.1 Å². The first-order valence-corrected chi connectivity index (χ1v) is 5.88. The number of ether oxygens (including phenoxy) is 1. The zero-order valence-electron chi connectivity index (χ0n) is 10.0. The second kappa shape index (κ2) is 5.56. The molecule has 0 bridgehead atoms. The molecule has 2 heterocycles. The van der Waals surface area contributed by atoms with Crippen molar-refractivity contribution in [1.82, 2.24) is 10.3 Å². The van der Waals surface area contributed by atoms with Gasteiger partial charge in [0, 0.05) is 12.8 Å². The van der Waals surface area contributed by atoms with Crippen LogP contribution in [0.4, 0.5) is 13.2 Å². The minimum absolute atomic E-state index is 0.0939. The number of carbonyl (C=O) groups is 1. The fourth-order valence-electron chi connectivity index (χ4n) is 1.82. The van der Waals surface area contributed by atoms with Gasteiger partial charge in [0.25, 0.3) is 5.91 Å². The molecule has 4 nitrogen and oxygen atoms in total. The van der Waals surface area contributed by atoms with E-state index in [0.717, 1.165) is 31.2 Å². The van der Waals surface area contributed by atoms with E-state index in [0.29, 0.717) is 13.2 Å². The first-order valence-electron chi connectivity index (χ1n) is 5.88. The molecule has 1 aromatic heterocycles. The van der Waals surface area contributed by atoms with Crippen LogP contribution in [-0.4, -0.2) is 30.1 Å². The van der Waals surface area contributed by atoms with E-state index in [-0.39, 0.29) is 11.6 Å². The minimum Gasteiger partial charge on any atom is -0.379 e. The van der Waals surface area contributed by atoms with Crippen LogP contribution in [0.3, 0.4) is 0 Å². The normalized spacial score (nSPS) is 20.1. The molecule has 0 aromatic carbocycles. The van der Waals surface area contributed by atoms with E-state index in [1.165, 1.54) is 0 Å². The van der Waals surface area contributed by atoms with Gasteiger partial charge in [0.05, 0.1) is 18.2 Å². The predicted octanol–water partition coefficient (Wildman–Crippen LogP) is 2.01. The van der Waals surface area contributed by atoms with Gasteiger partial charge in [-0.05, 0) is 25.0 Å². The van der Waals surface area contributed by atoms with E-state index in [2.05, 4.69) is 10.3 Å². The highest BCUT2D eigenvalue weighted by Gasteiger charge is 2.32. The number of rotatable bonds is 2. The molecule has 19 heavy (non-hydrogen) atoms. The summed E-state index contributed by atoms with van der Waals surface area (Å²) in [6.45, 7) is 1.11. The van der Waals surface area contributed by atoms with Gasteiger partial charge in [-0.1, -0.05) is 0 Å². The molecule has 0 aliphatic carbocycles. The number of halogens is 3. The molecular formula is C12H13F3N2O2. The smallest absolute Gasteiger partial charge is 0.379 e. The maximum absolute atomic E-state index is 12.3. The molecular weight excluding hydrogens is 261 g/mol. The van der Waals surface area contributed by atoms with Crippen molar-refractivity contribution in [3.8, 4) is 0 Å². The van der Waals surface area contributed by atoms with Crippen molar-refractivity contribution >= 4 is 5.91 Å². The first kappa shape index (κ1) is 13.8. The third kappa shape index (κ3) is 3.66. The SMILES string of the molecule is O=C(NC1CCCOC1)c1ccc(C(F)(F)F)nc1. The number of amides is 1. The van der Waals surface area contributed by atoms with Gasteiger partial charge in [0.2, 0.25) is 0 Å². The fraction of sp³-hybridized carbons (Fsp3) is 0.500. The van der Waals surface area contributed by atoms with Gasteiger partial charge in [-0.15, -0.1) is 0 Å². The Morgan fingerprint density at radius 3 is 2.74 bits per heavy atom. The zero-order valence-corrected chi connectivity index (χ0v) is 10.0. The molecule has 0 spiro atoms. The quantitative estimate of drug-likeness (QED) is 0.897. The lowest BCUT2D eigenvalue weighted by Gasteiger charge is -2.23. The third-order valence-corrected chi connectivity index (χ3v) is 2.81. The number of nitrogens with zero attached hydrogens (tertiary/aromatic N) is 1. The van der Waals surface area contributed by atoms with Crippen LogP contribution >= 0.6 is 0 Å². The van der Waals surface area contributed by atoms with Crippen molar-refractivity contribution in [2.24, 2.45) is 0 Å². The van der Waals surface area contributed by atoms with Gasteiger partial charge in [-0.25, -0.2) is 0 Å². The van der Waals surface area contributed by atoms with Crippen LogP contribution in [0, 0.1) is 0 Å². The van der Waals surface area contributed by atoms with Crippen LogP contribution in [0.5, 0.6) is 0 Å². The fourth-order valence-corrected chi connectivity index (χ4v) is 1.82. The summed E-state index contributed by atoms with van der Waals surface area (Å²) in [6.07, 6.45) is -1.90. The molecule has 1 amide bonds. The molecule has 7 heteroatoms. The summed E-state index contributed by atoms with van der Waals surface area (Å²) >= 11 is 0. The molecule has 1 aromatic rings. The van der Waals surface area contributed by atoms with E-state index >= 15 is 0 Å². The maximum atomic E-state index is 12.3. The number of nitrogens with one attached hydrogen (secondary N) is 1. The molecule has 1 N–H and O–H groups in total. The molecule has 1 saturated heterocycles. The Labute approximate surface area is 108 Å². The maximum Gasteiger partial charge on any atom is 0.433 e. The summed E-state index contributed by atoms with van der Waals surface area (Å²) in [5.41, 5.74) is -0.899. The largest absolute Gasteiger partial charge is 0.433 e. The van der Waals surface area contributed by atoms with Crippen LogP contribution in [0.25, 0.3) is 0 Å². The second-order valence-corrected chi connectivity index (χ2v) is 4.32. The van der Waals surface area contributed by atoms with E-state index in [1.54, 1.807) is 0 Å². The summed E-state index contributed by atoms with van der Waals surface area (Å²) < 4.78 is 42.1. The van der Waals surface area contributed by atoms with Crippen molar-refractivity contribution in [3.63, 3.8) is 0 Å². The molecule has 1 atom stereocenters. The number of aromatic nitrogens is 1. The zero-order chi connectivity index (χ0) is 13.9. The topological polar surface area (TPSA) is 51.2 Å². The molecule has 104 valence electrons. The van der Waals surface area contributed by atoms with Crippen molar-refractivity contribution < 1.29 is 22.7 Å². The van der Waals surface area contributed by atoms with Crippen molar-refractivity contribution in [2.75, 3.05) is 13.2 Å². The Balaban J connectivity index is 1.99. The average Bonchev–Trinajstić information content (AvgIpc) is 2.39. The predicted molar refractivity (Wildman–Crippen MR) is 60.5 cm³/mol. The Morgan fingerprint density at radius 2 is 2.21 bits per heavy atom. The van der Waals surface area contributed by atoms with Gasteiger partial charge in [0.15, 0.2) is 0 Å². The summed E-state index contributed by atoms with van der Waals surface area (Å²) in [7, 11) is 0. The molecule has 1 fully saturated rings. The Kier molecular flexibility index (Phi) is 4.04. The highest BCUT2D eigenvalue weighted by molar-refractivity contribution is 5.94. The Hall–Kier alpha value is -1.63. The molecule has 2 rings (SSSR count). The van der Waals surface area contributed by atoms with Gasteiger partial charge < -0.3 is 10.1 Å². The summed E-state index contributed by atoms with van der Waals surface area (Å²) in [4.78, 5) is 15.0. The Bertz CT molecular complexity index is 439. The van der Waals surface area contributed by atoms with Crippen LogP contribution in [-0.2, 0) is 10.9 Å². The van der Waals surface area contributed by atoms with Gasteiger partial charge in [-0.2, -0.15) is 13.2 Å². The number of carbonyl (C=O) groups excluding carboxylic acids is 1. The molecule has 1 aliphatic heterocycles. The lowest BCUT2D eigenvalue weighted by molar-refractivity contribution is -0.141. The van der Waals surface area contributed by atoms with Crippen LogP contribution in [0.2, 0.25) is 0 Å².